The van der Waals surface area contributed by atoms with Crippen molar-refractivity contribution in [2.75, 3.05) is 18.9 Å². The number of aromatic nitrogens is 2. The van der Waals surface area contributed by atoms with Gasteiger partial charge in [0, 0.05) is 38.3 Å². The van der Waals surface area contributed by atoms with Gasteiger partial charge in [-0.15, -0.1) is 0 Å². The number of amides is 3. The molecule has 1 aliphatic heterocycles. The number of halogens is 2. The number of nitrogens with zero attached hydrogens (tertiary/aromatic N) is 3. The van der Waals surface area contributed by atoms with Crippen LogP contribution in [0, 0.1) is 0 Å². The number of hydrogen-bond acceptors (Lipinski definition) is 3. The molecule has 1 aromatic heterocycles. The number of piperidine rings is 1. The Labute approximate surface area is 120 Å². The van der Waals surface area contributed by atoms with Gasteiger partial charge in [-0.2, -0.15) is 5.10 Å². The number of anilines is 1. The highest BCUT2D eigenvalue weighted by Crippen LogP contribution is 2.10. The van der Waals surface area contributed by atoms with E-state index >= 15 is 0 Å². The third-order valence-corrected chi connectivity index (χ3v) is 3.17. The fourth-order valence-corrected chi connectivity index (χ4v) is 2.14. The molecular formula is C12H17F2N5O2. The molecule has 0 bridgehead atoms. The zero-order chi connectivity index (χ0) is 15.4. The summed E-state index contributed by atoms with van der Waals surface area (Å²) >= 11 is 0. The van der Waals surface area contributed by atoms with Gasteiger partial charge in [0.1, 0.15) is 6.54 Å². The van der Waals surface area contributed by atoms with Crippen molar-refractivity contribution in [3.05, 3.63) is 12.3 Å². The number of urea groups is 1. The third kappa shape index (κ3) is 4.40. The predicted octanol–water partition coefficient (Wildman–Crippen LogP) is 0.890. The first-order chi connectivity index (χ1) is 9.94. The van der Waals surface area contributed by atoms with E-state index in [1.807, 2.05) is 0 Å². The molecule has 0 aromatic carbocycles. The summed E-state index contributed by atoms with van der Waals surface area (Å²) in [4.78, 5) is 24.7. The topological polar surface area (TPSA) is 79.3 Å². The quantitative estimate of drug-likeness (QED) is 0.867. The van der Waals surface area contributed by atoms with Gasteiger partial charge in [-0.3, -0.25) is 14.8 Å². The second-order valence-electron chi connectivity index (χ2n) is 4.92. The minimum atomic E-state index is -2.50. The molecule has 116 valence electrons. The smallest absolute Gasteiger partial charge is 0.320 e. The van der Waals surface area contributed by atoms with E-state index in [0.717, 1.165) is 4.68 Å². The van der Waals surface area contributed by atoms with E-state index in [2.05, 4.69) is 15.7 Å². The lowest BCUT2D eigenvalue weighted by Crippen LogP contribution is -2.49. The maximum atomic E-state index is 12.2. The standard InChI is InChI=1S/C12H17F2N5O2/c1-18-6-8(2-3-11(18)20)15-12(21)16-10-4-5-19(17-10)7-9(13)14/h4-5,8-9H,2-3,6-7H2,1H3,(H2,15,16,17,21). The molecular weight excluding hydrogens is 284 g/mol. The summed E-state index contributed by atoms with van der Waals surface area (Å²) in [6, 6.07) is 0.847. The number of rotatable bonds is 4. The fraction of sp³-hybridized carbons (Fsp3) is 0.583. The molecule has 9 heteroatoms. The molecule has 0 aliphatic carbocycles. The highest BCUT2D eigenvalue weighted by Gasteiger charge is 2.24. The minimum absolute atomic E-state index is 0.0548. The van der Waals surface area contributed by atoms with Crippen LogP contribution in [0.1, 0.15) is 12.8 Å². The van der Waals surface area contributed by atoms with Crippen LogP contribution in [0.3, 0.4) is 0 Å². The van der Waals surface area contributed by atoms with Gasteiger partial charge in [0.25, 0.3) is 6.43 Å². The Balaban J connectivity index is 1.81. The van der Waals surface area contributed by atoms with E-state index < -0.39 is 19.0 Å². The monoisotopic (exact) mass is 301 g/mol. The molecule has 2 N–H and O–H groups in total. The largest absolute Gasteiger partial charge is 0.344 e. The zero-order valence-corrected chi connectivity index (χ0v) is 11.6. The molecule has 2 rings (SSSR count). The van der Waals surface area contributed by atoms with Gasteiger partial charge >= 0.3 is 6.03 Å². The van der Waals surface area contributed by atoms with Crippen LogP contribution in [0.5, 0.6) is 0 Å². The van der Waals surface area contributed by atoms with Crippen molar-refractivity contribution < 1.29 is 18.4 Å². The average molecular weight is 301 g/mol. The summed E-state index contributed by atoms with van der Waals surface area (Å²) in [5, 5.41) is 9.02. The molecule has 1 aromatic rings. The summed E-state index contributed by atoms with van der Waals surface area (Å²) < 4.78 is 25.4. The van der Waals surface area contributed by atoms with Gasteiger partial charge in [0.2, 0.25) is 5.91 Å². The van der Waals surface area contributed by atoms with Gasteiger partial charge in [-0.25, -0.2) is 13.6 Å². The molecule has 1 saturated heterocycles. The van der Waals surface area contributed by atoms with E-state index in [-0.39, 0.29) is 17.8 Å². The van der Waals surface area contributed by atoms with Crippen molar-refractivity contribution in [2.45, 2.75) is 31.9 Å². The van der Waals surface area contributed by atoms with Crippen LogP contribution < -0.4 is 10.6 Å². The third-order valence-electron chi connectivity index (χ3n) is 3.17. The molecule has 0 radical (unpaired) electrons. The SMILES string of the molecule is CN1CC(NC(=O)Nc2ccn(CC(F)F)n2)CCC1=O. The molecule has 1 atom stereocenters. The van der Waals surface area contributed by atoms with Crippen LogP contribution in [0.25, 0.3) is 0 Å². The van der Waals surface area contributed by atoms with E-state index in [9.17, 15) is 18.4 Å². The molecule has 3 amide bonds. The Kier molecular flexibility index (Phi) is 4.71. The summed E-state index contributed by atoms with van der Waals surface area (Å²) in [5.41, 5.74) is 0. The number of alkyl halides is 2. The molecule has 1 aliphatic rings. The number of carbonyl (C=O) groups excluding carboxylic acids is 2. The Bertz CT molecular complexity index is 520. The minimum Gasteiger partial charge on any atom is -0.344 e. The Hall–Kier alpha value is -2.19. The van der Waals surface area contributed by atoms with Crippen LogP contribution >= 0.6 is 0 Å². The van der Waals surface area contributed by atoms with E-state index in [1.54, 1.807) is 11.9 Å². The number of likely N-dealkylation sites (tertiary alicyclic amines) is 1. The molecule has 21 heavy (non-hydrogen) atoms. The first-order valence-corrected chi connectivity index (χ1v) is 6.57. The van der Waals surface area contributed by atoms with Crippen LogP contribution in [0.15, 0.2) is 12.3 Å². The summed E-state index contributed by atoms with van der Waals surface area (Å²) in [6.45, 7) is -0.0646. The zero-order valence-electron chi connectivity index (χ0n) is 11.6. The fourth-order valence-electron chi connectivity index (χ4n) is 2.14. The second-order valence-corrected chi connectivity index (χ2v) is 4.92. The van der Waals surface area contributed by atoms with Crippen LogP contribution in [-0.2, 0) is 11.3 Å². The molecule has 0 saturated carbocycles. The first kappa shape index (κ1) is 15.2. The average Bonchev–Trinajstić information content (AvgIpc) is 2.80. The van der Waals surface area contributed by atoms with Crippen molar-refractivity contribution in [1.29, 1.82) is 0 Å². The number of carbonyl (C=O) groups is 2. The van der Waals surface area contributed by atoms with Gasteiger partial charge in [0.15, 0.2) is 5.82 Å². The highest BCUT2D eigenvalue weighted by molar-refractivity contribution is 5.88. The van der Waals surface area contributed by atoms with E-state index in [0.29, 0.717) is 19.4 Å². The number of nitrogens with one attached hydrogen (secondary N) is 2. The van der Waals surface area contributed by atoms with Crippen molar-refractivity contribution in [3.8, 4) is 0 Å². The molecule has 1 unspecified atom stereocenters. The van der Waals surface area contributed by atoms with Gasteiger partial charge in [0.05, 0.1) is 0 Å². The summed E-state index contributed by atoms with van der Waals surface area (Å²) in [5.74, 6) is 0.257. The number of likely N-dealkylation sites (N-methyl/N-ethyl adjacent to an activating group) is 1. The van der Waals surface area contributed by atoms with Crippen molar-refractivity contribution in [3.63, 3.8) is 0 Å². The normalized spacial score (nSPS) is 19.0. The van der Waals surface area contributed by atoms with Crippen LogP contribution in [-0.4, -0.2) is 52.7 Å². The van der Waals surface area contributed by atoms with Gasteiger partial charge in [-0.1, -0.05) is 0 Å². The molecule has 1 fully saturated rings. The Morgan fingerprint density at radius 1 is 1.57 bits per heavy atom. The van der Waals surface area contributed by atoms with Crippen LogP contribution in [0.4, 0.5) is 19.4 Å². The molecule has 0 spiro atoms. The van der Waals surface area contributed by atoms with Crippen LogP contribution in [0.2, 0.25) is 0 Å². The first-order valence-electron chi connectivity index (χ1n) is 6.57. The maximum absolute atomic E-state index is 12.2. The van der Waals surface area contributed by atoms with Crippen molar-refractivity contribution in [1.82, 2.24) is 20.0 Å². The van der Waals surface area contributed by atoms with Gasteiger partial charge in [-0.05, 0) is 6.42 Å². The lowest BCUT2D eigenvalue weighted by molar-refractivity contribution is -0.132. The summed E-state index contributed by atoms with van der Waals surface area (Å²) in [7, 11) is 1.68. The molecule has 2 heterocycles. The van der Waals surface area contributed by atoms with Gasteiger partial charge < -0.3 is 10.2 Å². The van der Waals surface area contributed by atoms with E-state index in [1.165, 1.54) is 12.3 Å². The highest BCUT2D eigenvalue weighted by atomic mass is 19.3. The van der Waals surface area contributed by atoms with E-state index in [4.69, 9.17) is 0 Å². The maximum Gasteiger partial charge on any atom is 0.320 e. The Morgan fingerprint density at radius 3 is 3.00 bits per heavy atom. The predicted molar refractivity (Wildman–Crippen MR) is 71.0 cm³/mol. The lowest BCUT2D eigenvalue weighted by atomic mass is 10.1. The number of hydrogen-bond donors (Lipinski definition) is 2. The van der Waals surface area contributed by atoms with Crippen molar-refractivity contribution in [2.24, 2.45) is 0 Å². The molecule has 7 nitrogen and oxygen atoms in total. The Morgan fingerprint density at radius 2 is 2.33 bits per heavy atom. The lowest BCUT2D eigenvalue weighted by Gasteiger charge is -2.29. The second kappa shape index (κ2) is 6.51. The van der Waals surface area contributed by atoms with Crippen molar-refractivity contribution >= 4 is 17.8 Å². The summed E-state index contributed by atoms with van der Waals surface area (Å²) in [6.07, 6.45) is -0.155.